The van der Waals surface area contributed by atoms with Crippen LogP contribution in [0, 0.1) is 6.92 Å². The fourth-order valence-electron chi connectivity index (χ4n) is 1.14. The SMILES string of the molecule is Cc1nc(/C=N/O)c2ccsc2n1. The third-order valence-electron chi connectivity index (χ3n) is 1.65. The van der Waals surface area contributed by atoms with Gasteiger partial charge in [0.2, 0.25) is 0 Å². The van der Waals surface area contributed by atoms with Crippen LogP contribution in [0.4, 0.5) is 0 Å². The summed E-state index contributed by atoms with van der Waals surface area (Å²) < 4.78 is 0. The topological polar surface area (TPSA) is 58.4 Å². The number of nitrogens with zero attached hydrogens (tertiary/aromatic N) is 3. The molecule has 0 aliphatic rings. The number of oxime groups is 1. The summed E-state index contributed by atoms with van der Waals surface area (Å²) in [5.41, 5.74) is 0.659. The van der Waals surface area contributed by atoms with Crippen molar-refractivity contribution in [1.29, 1.82) is 0 Å². The zero-order valence-corrected chi connectivity index (χ0v) is 7.75. The molecule has 0 aromatic carbocycles. The lowest BCUT2D eigenvalue weighted by molar-refractivity contribution is 0.321. The van der Waals surface area contributed by atoms with Gasteiger partial charge in [0, 0.05) is 5.39 Å². The fraction of sp³-hybridized carbons (Fsp3) is 0.125. The molecule has 0 bridgehead atoms. The quantitative estimate of drug-likeness (QED) is 0.427. The molecule has 0 fully saturated rings. The lowest BCUT2D eigenvalue weighted by Gasteiger charge is -1.96. The summed E-state index contributed by atoms with van der Waals surface area (Å²) in [6.07, 6.45) is 1.32. The molecule has 0 radical (unpaired) electrons. The van der Waals surface area contributed by atoms with Crippen LogP contribution >= 0.6 is 11.3 Å². The normalized spacial score (nSPS) is 11.5. The van der Waals surface area contributed by atoms with Crippen molar-refractivity contribution in [2.24, 2.45) is 5.16 Å². The van der Waals surface area contributed by atoms with Crippen LogP contribution in [-0.4, -0.2) is 21.4 Å². The van der Waals surface area contributed by atoms with E-state index in [1.165, 1.54) is 6.21 Å². The van der Waals surface area contributed by atoms with E-state index in [4.69, 9.17) is 5.21 Å². The molecule has 0 atom stereocenters. The minimum absolute atomic E-state index is 0.659. The number of hydrogen-bond donors (Lipinski definition) is 1. The molecule has 2 heterocycles. The summed E-state index contributed by atoms with van der Waals surface area (Å²) in [7, 11) is 0. The summed E-state index contributed by atoms with van der Waals surface area (Å²) >= 11 is 1.55. The van der Waals surface area contributed by atoms with E-state index in [0.717, 1.165) is 10.2 Å². The van der Waals surface area contributed by atoms with Crippen molar-refractivity contribution in [3.05, 3.63) is 23.0 Å². The summed E-state index contributed by atoms with van der Waals surface area (Å²) in [6, 6.07) is 1.91. The van der Waals surface area contributed by atoms with E-state index in [-0.39, 0.29) is 0 Å². The second-order valence-electron chi connectivity index (χ2n) is 2.54. The van der Waals surface area contributed by atoms with E-state index in [2.05, 4.69) is 15.1 Å². The third kappa shape index (κ3) is 1.38. The standard InChI is InChI=1S/C8H7N3OS/c1-5-10-7(4-9-12)6-2-3-13-8(6)11-5/h2-4,12H,1H3/b9-4+. The molecule has 0 aliphatic heterocycles. The number of hydrogen-bond acceptors (Lipinski definition) is 5. The van der Waals surface area contributed by atoms with Gasteiger partial charge in [-0.2, -0.15) is 0 Å². The van der Waals surface area contributed by atoms with Crippen molar-refractivity contribution in [3.63, 3.8) is 0 Å². The first-order valence-electron chi connectivity index (χ1n) is 3.70. The Morgan fingerprint density at radius 1 is 1.54 bits per heavy atom. The maximum atomic E-state index is 8.42. The van der Waals surface area contributed by atoms with E-state index in [1.54, 1.807) is 11.3 Å². The van der Waals surface area contributed by atoms with E-state index in [0.29, 0.717) is 11.5 Å². The van der Waals surface area contributed by atoms with Crippen LogP contribution in [0.1, 0.15) is 11.5 Å². The molecule has 0 amide bonds. The molecule has 2 aromatic rings. The Balaban J connectivity index is 2.77. The zero-order chi connectivity index (χ0) is 9.26. The van der Waals surface area contributed by atoms with E-state index in [1.807, 2.05) is 18.4 Å². The average Bonchev–Trinajstić information content (AvgIpc) is 2.52. The Morgan fingerprint density at radius 2 is 2.38 bits per heavy atom. The maximum Gasteiger partial charge on any atom is 0.127 e. The molecule has 0 spiro atoms. The largest absolute Gasteiger partial charge is 0.411 e. The van der Waals surface area contributed by atoms with Crippen LogP contribution in [0.25, 0.3) is 10.2 Å². The van der Waals surface area contributed by atoms with Gasteiger partial charge in [-0.15, -0.1) is 11.3 Å². The minimum Gasteiger partial charge on any atom is -0.411 e. The van der Waals surface area contributed by atoms with Gasteiger partial charge >= 0.3 is 0 Å². The van der Waals surface area contributed by atoms with Crippen molar-refractivity contribution in [2.45, 2.75) is 6.92 Å². The number of fused-ring (bicyclic) bond motifs is 1. The zero-order valence-electron chi connectivity index (χ0n) is 6.93. The molecule has 2 rings (SSSR count). The van der Waals surface area contributed by atoms with E-state index < -0.39 is 0 Å². The minimum atomic E-state index is 0.659. The Kier molecular flexibility index (Phi) is 1.94. The van der Waals surface area contributed by atoms with Gasteiger partial charge in [-0.3, -0.25) is 0 Å². The van der Waals surface area contributed by atoms with Crippen LogP contribution in [0.3, 0.4) is 0 Å². The van der Waals surface area contributed by atoms with E-state index in [9.17, 15) is 0 Å². The number of aryl methyl sites for hydroxylation is 1. The molecule has 0 saturated heterocycles. The number of thiophene rings is 1. The van der Waals surface area contributed by atoms with Gasteiger partial charge in [-0.05, 0) is 18.4 Å². The second-order valence-corrected chi connectivity index (χ2v) is 3.43. The van der Waals surface area contributed by atoms with Crippen molar-refractivity contribution in [1.82, 2.24) is 9.97 Å². The lowest BCUT2D eigenvalue weighted by Crippen LogP contribution is -1.94. The highest BCUT2D eigenvalue weighted by Crippen LogP contribution is 2.20. The molecule has 1 N–H and O–H groups in total. The second kappa shape index (κ2) is 3.10. The Morgan fingerprint density at radius 3 is 3.15 bits per heavy atom. The first-order chi connectivity index (χ1) is 6.31. The number of aromatic nitrogens is 2. The Labute approximate surface area is 78.6 Å². The molecule has 0 unspecified atom stereocenters. The predicted octanol–water partition coefficient (Wildman–Crippen LogP) is 1.81. The maximum absolute atomic E-state index is 8.42. The van der Waals surface area contributed by atoms with Crippen LogP contribution in [0.15, 0.2) is 16.6 Å². The van der Waals surface area contributed by atoms with Gasteiger partial charge in [0.1, 0.15) is 10.7 Å². The van der Waals surface area contributed by atoms with Crippen LogP contribution < -0.4 is 0 Å². The lowest BCUT2D eigenvalue weighted by atomic mass is 10.3. The molecule has 4 nitrogen and oxygen atoms in total. The van der Waals surface area contributed by atoms with Crippen LogP contribution in [0.2, 0.25) is 0 Å². The monoisotopic (exact) mass is 193 g/mol. The van der Waals surface area contributed by atoms with Gasteiger partial charge in [0.15, 0.2) is 0 Å². The predicted molar refractivity (Wildman–Crippen MR) is 51.5 cm³/mol. The Bertz CT molecular complexity index is 463. The smallest absolute Gasteiger partial charge is 0.127 e. The Hall–Kier alpha value is -1.49. The molecule has 5 heteroatoms. The molecule has 2 aromatic heterocycles. The van der Waals surface area contributed by atoms with E-state index >= 15 is 0 Å². The third-order valence-corrected chi connectivity index (χ3v) is 2.45. The van der Waals surface area contributed by atoms with Gasteiger partial charge in [-0.1, -0.05) is 5.16 Å². The summed E-state index contributed by atoms with van der Waals surface area (Å²) in [6.45, 7) is 1.81. The van der Waals surface area contributed by atoms with Crippen LogP contribution in [-0.2, 0) is 0 Å². The van der Waals surface area contributed by atoms with Crippen molar-refractivity contribution in [2.75, 3.05) is 0 Å². The fourth-order valence-corrected chi connectivity index (χ4v) is 1.96. The molecular formula is C8H7N3OS. The molecule has 13 heavy (non-hydrogen) atoms. The molecular weight excluding hydrogens is 186 g/mol. The van der Waals surface area contributed by atoms with Gasteiger partial charge < -0.3 is 5.21 Å². The first kappa shape index (κ1) is 8.12. The highest BCUT2D eigenvalue weighted by Gasteiger charge is 2.04. The summed E-state index contributed by atoms with van der Waals surface area (Å²) in [4.78, 5) is 9.31. The highest BCUT2D eigenvalue weighted by molar-refractivity contribution is 7.16. The van der Waals surface area contributed by atoms with Gasteiger partial charge in [-0.25, -0.2) is 9.97 Å². The summed E-state index contributed by atoms with van der Waals surface area (Å²) in [5.74, 6) is 0.685. The van der Waals surface area contributed by atoms with Crippen molar-refractivity contribution >= 4 is 27.8 Å². The van der Waals surface area contributed by atoms with Crippen molar-refractivity contribution < 1.29 is 5.21 Å². The van der Waals surface area contributed by atoms with Gasteiger partial charge in [0.05, 0.1) is 11.9 Å². The average molecular weight is 193 g/mol. The molecule has 0 saturated carbocycles. The highest BCUT2D eigenvalue weighted by atomic mass is 32.1. The van der Waals surface area contributed by atoms with Crippen LogP contribution in [0.5, 0.6) is 0 Å². The van der Waals surface area contributed by atoms with Gasteiger partial charge in [0.25, 0.3) is 0 Å². The molecule has 66 valence electrons. The summed E-state index contributed by atoms with van der Waals surface area (Å²) in [5, 5.41) is 14.2. The van der Waals surface area contributed by atoms with Crippen molar-refractivity contribution in [3.8, 4) is 0 Å². The number of rotatable bonds is 1. The first-order valence-corrected chi connectivity index (χ1v) is 4.58. The molecule has 0 aliphatic carbocycles.